The van der Waals surface area contributed by atoms with Crippen LogP contribution in [0.2, 0.25) is 0 Å². The van der Waals surface area contributed by atoms with E-state index >= 15 is 0 Å². The van der Waals surface area contributed by atoms with Crippen LogP contribution in [0.25, 0.3) is 6.08 Å². The number of aromatic nitrogens is 1. The van der Waals surface area contributed by atoms with Crippen molar-refractivity contribution >= 4 is 34.6 Å². The molecule has 0 bridgehead atoms. The van der Waals surface area contributed by atoms with Gasteiger partial charge in [-0.2, -0.15) is 0 Å². The van der Waals surface area contributed by atoms with Gasteiger partial charge in [-0.15, -0.1) is 6.58 Å². The van der Waals surface area contributed by atoms with Crippen molar-refractivity contribution in [3.8, 4) is 5.75 Å². The van der Waals surface area contributed by atoms with Crippen LogP contribution in [0.4, 0.5) is 5.69 Å². The van der Waals surface area contributed by atoms with Gasteiger partial charge in [0.15, 0.2) is 5.17 Å². The fraction of sp³-hybridized carbons (Fsp3) is 0.105. The maximum atomic E-state index is 12.8. The summed E-state index contributed by atoms with van der Waals surface area (Å²) in [7, 11) is 1.61. The van der Waals surface area contributed by atoms with Crippen LogP contribution in [-0.4, -0.2) is 34.6 Å². The van der Waals surface area contributed by atoms with Gasteiger partial charge in [-0.1, -0.05) is 24.3 Å². The first-order valence-electron chi connectivity index (χ1n) is 7.67. The average molecular weight is 351 g/mol. The summed E-state index contributed by atoms with van der Waals surface area (Å²) in [6.07, 6.45) is 6.86. The van der Waals surface area contributed by atoms with E-state index in [9.17, 15) is 4.79 Å². The second kappa shape index (κ2) is 7.81. The number of carbonyl (C=O) groups excluding carboxylic acids is 1. The number of pyridine rings is 1. The van der Waals surface area contributed by atoms with E-state index < -0.39 is 0 Å². The second-order valence-corrected chi connectivity index (χ2v) is 6.17. The lowest BCUT2D eigenvalue weighted by Crippen LogP contribution is -2.29. The van der Waals surface area contributed by atoms with Gasteiger partial charge >= 0.3 is 0 Å². The van der Waals surface area contributed by atoms with E-state index in [1.165, 1.54) is 11.8 Å². The maximum Gasteiger partial charge on any atom is 0.267 e. The molecule has 5 nitrogen and oxygen atoms in total. The first-order chi connectivity index (χ1) is 12.2. The first kappa shape index (κ1) is 17.0. The number of hydrogen-bond acceptors (Lipinski definition) is 5. The number of aliphatic imine (C=N–C) groups is 1. The minimum Gasteiger partial charge on any atom is -0.496 e. The highest BCUT2D eigenvalue weighted by atomic mass is 32.2. The van der Waals surface area contributed by atoms with Crippen molar-refractivity contribution in [3.05, 3.63) is 71.9 Å². The molecule has 1 fully saturated rings. The zero-order chi connectivity index (χ0) is 17.6. The number of benzene rings is 1. The number of methoxy groups -OCH3 is 1. The quantitative estimate of drug-likeness (QED) is 0.606. The maximum absolute atomic E-state index is 12.8. The lowest BCUT2D eigenvalue weighted by atomic mass is 10.2. The van der Waals surface area contributed by atoms with Crippen LogP contribution in [0, 0.1) is 0 Å². The highest BCUT2D eigenvalue weighted by Gasteiger charge is 2.32. The monoisotopic (exact) mass is 351 g/mol. The zero-order valence-electron chi connectivity index (χ0n) is 13.8. The summed E-state index contributed by atoms with van der Waals surface area (Å²) in [5, 5.41) is 0.610. The third-order valence-corrected chi connectivity index (χ3v) is 4.50. The molecule has 126 valence electrons. The Morgan fingerprint density at radius 1 is 1.32 bits per heavy atom. The lowest BCUT2D eigenvalue weighted by Gasteiger charge is -2.12. The molecule has 1 aliphatic rings. The number of thioether (sulfide) groups is 1. The molecule has 0 unspecified atom stereocenters. The minimum absolute atomic E-state index is 0.0987. The van der Waals surface area contributed by atoms with Crippen molar-refractivity contribution < 1.29 is 9.53 Å². The predicted octanol–water partition coefficient (Wildman–Crippen LogP) is 3.88. The molecule has 2 aromatic rings. The highest BCUT2D eigenvalue weighted by molar-refractivity contribution is 8.18. The molecule has 1 aromatic carbocycles. The Labute approximate surface area is 150 Å². The van der Waals surface area contributed by atoms with Crippen LogP contribution in [0.1, 0.15) is 5.56 Å². The van der Waals surface area contributed by atoms with Gasteiger partial charge in [-0.3, -0.25) is 14.7 Å². The van der Waals surface area contributed by atoms with Crippen molar-refractivity contribution in [2.45, 2.75) is 0 Å². The summed E-state index contributed by atoms with van der Waals surface area (Å²) in [5.41, 5.74) is 1.55. The summed E-state index contributed by atoms with van der Waals surface area (Å²) in [5.74, 6) is 0.620. The number of rotatable bonds is 5. The molecule has 25 heavy (non-hydrogen) atoms. The smallest absolute Gasteiger partial charge is 0.267 e. The van der Waals surface area contributed by atoms with Gasteiger partial charge in [0.25, 0.3) is 5.91 Å². The lowest BCUT2D eigenvalue weighted by molar-refractivity contribution is -0.121. The van der Waals surface area contributed by atoms with E-state index in [0.717, 1.165) is 11.3 Å². The summed E-state index contributed by atoms with van der Waals surface area (Å²) >= 11 is 1.33. The molecule has 1 aliphatic heterocycles. The van der Waals surface area contributed by atoms with E-state index in [1.54, 1.807) is 30.5 Å². The minimum atomic E-state index is -0.0987. The van der Waals surface area contributed by atoms with Crippen molar-refractivity contribution in [3.63, 3.8) is 0 Å². The molecular weight excluding hydrogens is 334 g/mol. The molecule has 0 spiro atoms. The third kappa shape index (κ3) is 3.80. The topological polar surface area (TPSA) is 54.8 Å². The van der Waals surface area contributed by atoms with E-state index in [-0.39, 0.29) is 5.91 Å². The highest BCUT2D eigenvalue weighted by Crippen LogP contribution is 2.35. The Morgan fingerprint density at radius 3 is 2.88 bits per heavy atom. The predicted molar refractivity (Wildman–Crippen MR) is 102 cm³/mol. The summed E-state index contributed by atoms with van der Waals surface area (Å²) < 4.78 is 5.35. The molecule has 1 aromatic heterocycles. The summed E-state index contributed by atoms with van der Waals surface area (Å²) in [6.45, 7) is 4.12. The van der Waals surface area contributed by atoms with Crippen molar-refractivity contribution in [2.75, 3.05) is 13.7 Å². The van der Waals surface area contributed by atoms with Gasteiger partial charge in [-0.25, -0.2) is 4.99 Å². The fourth-order valence-electron chi connectivity index (χ4n) is 2.34. The number of ether oxygens (including phenoxy) is 1. The normalized spacial score (nSPS) is 17.3. The summed E-state index contributed by atoms with van der Waals surface area (Å²) in [4.78, 5) is 23.5. The van der Waals surface area contributed by atoms with E-state index in [0.29, 0.717) is 22.3 Å². The third-order valence-electron chi connectivity index (χ3n) is 3.50. The van der Waals surface area contributed by atoms with Gasteiger partial charge < -0.3 is 4.74 Å². The van der Waals surface area contributed by atoms with Gasteiger partial charge in [-0.05, 0) is 36.0 Å². The molecule has 0 aliphatic carbocycles. The molecule has 1 amide bonds. The molecule has 0 radical (unpaired) electrons. The van der Waals surface area contributed by atoms with E-state index in [4.69, 9.17) is 4.74 Å². The largest absolute Gasteiger partial charge is 0.496 e. The van der Waals surface area contributed by atoms with Crippen LogP contribution in [-0.2, 0) is 4.79 Å². The zero-order valence-corrected chi connectivity index (χ0v) is 14.6. The Morgan fingerprint density at radius 2 is 2.16 bits per heavy atom. The number of amides is 1. The number of nitrogens with zero attached hydrogens (tertiary/aromatic N) is 3. The molecular formula is C19H17N3O2S. The Bertz CT molecular complexity index is 847. The SMILES string of the molecule is C=CCN1C(=O)/C(=C/c2ccccc2OC)SC1=Nc1cccnc1. The van der Waals surface area contributed by atoms with Crippen molar-refractivity contribution in [1.29, 1.82) is 0 Å². The van der Waals surface area contributed by atoms with Crippen molar-refractivity contribution in [2.24, 2.45) is 4.99 Å². The van der Waals surface area contributed by atoms with Crippen molar-refractivity contribution in [1.82, 2.24) is 9.88 Å². The Kier molecular flexibility index (Phi) is 5.30. The Hall–Kier alpha value is -2.86. The van der Waals surface area contributed by atoms with Crippen LogP contribution in [0.15, 0.2) is 71.3 Å². The van der Waals surface area contributed by atoms with Gasteiger partial charge in [0, 0.05) is 18.3 Å². The number of carbonyl (C=O) groups is 1. The van der Waals surface area contributed by atoms with Crippen LogP contribution in [0.5, 0.6) is 5.75 Å². The molecule has 0 saturated carbocycles. The molecule has 6 heteroatoms. The first-order valence-corrected chi connectivity index (χ1v) is 8.48. The number of hydrogen-bond donors (Lipinski definition) is 0. The molecule has 1 saturated heterocycles. The fourth-order valence-corrected chi connectivity index (χ4v) is 3.34. The molecule has 3 rings (SSSR count). The Balaban J connectivity index is 1.97. The van der Waals surface area contributed by atoms with Crippen LogP contribution in [0.3, 0.4) is 0 Å². The standard InChI is InChI=1S/C19H17N3O2S/c1-3-11-22-18(23)17(12-14-7-4-5-9-16(14)24-2)25-19(22)21-15-8-6-10-20-13-15/h3-10,12-13H,1,11H2,2H3/b17-12-,21-19?. The number of para-hydroxylation sites is 1. The van der Waals surface area contributed by atoms with Gasteiger partial charge in [0.05, 0.1) is 23.9 Å². The second-order valence-electron chi connectivity index (χ2n) is 5.16. The molecule has 0 atom stereocenters. The van der Waals surface area contributed by atoms with Gasteiger partial charge in [0.1, 0.15) is 5.75 Å². The van der Waals surface area contributed by atoms with E-state index in [2.05, 4.69) is 16.6 Å². The van der Waals surface area contributed by atoms with Gasteiger partial charge in [0.2, 0.25) is 0 Å². The average Bonchev–Trinajstić information content (AvgIpc) is 2.92. The molecule has 0 N–H and O–H groups in total. The number of amidine groups is 1. The summed E-state index contributed by atoms with van der Waals surface area (Å²) in [6, 6.07) is 11.2. The van der Waals surface area contributed by atoms with Crippen LogP contribution < -0.4 is 4.74 Å². The molecule has 2 heterocycles. The van der Waals surface area contributed by atoms with E-state index in [1.807, 2.05) is 42.5 Å². The van der Waals surface area contributed by atoms with Crippen LogP contribution >= 0.6 is 11.8 Å².